The fourth-order valence-corrected chi connectivity index (χ4v) is 1.59. The van der Waals surface area contributed by atoms with Gasteiger partial charge in [-0.3, -0.25) is 4.79 Å². The topological polar surface area (TPSA) is 58.6 Å². The van der Waals surface area contributed by atoms with Crippen molar-refractivity contribution in [2.75, 3.05) is 6.54 Å². The second kappa shape index (κ2) is 7.09. The third-order valence-corrected chi connectivity index (χ3v) is 2.65. The SMILES string of the molecule is CCCNC(=O)C(C)Oc1cc(F)ccc1[C@@H](C)O. The van der Waals surface area contributed by atoms with Crippen LogP contribution in [0.25, 0.3) is 0 Å². The molecule has 0 saturated heterocycles. The summed E-state index contributed by atoms with van der Waals surface area (Å²) in [5.74, 6) is -0.544. The van der Waals surface area contributed by atoms with Crippen LogP contribution in [0.2, 0.25) is 0 Å². The molecule has 1 aromatic carbocycles. The van der Waals surface area contributed by atoms with E-state index in [0.29, 0.717) is 12.1 Å². The molecule has 2 atom stereocenters. The van der Waals surface area contributed by atoms with Crippen LogP contribution in [-0.2, 0) is 4.79 Å². The highest BCUT2D eigenvalue weighted by atomic mass is 19.1. The number of amides is 1. The van der Waals surface area contributed by atoms with Crippen molar-refractivity contribution in [3.8, 4) is 5.75 Å². The molecule has 1 rings (SSSR count). The lowest BCUT2D eigenvalue weighted by Crippen LogP contribution is -2.36. The first-order valence-corrected chi connectivity index (χ1v) is 6.37. The molecule has 0 fully saturated rings. The summed E-state index contributed by atoms with van der Waals surface area (Å²) in [5.41, 5.74) is 0.455. The van der Waals surface area contributed by atoms with Gasteiger partial charge in [0.15, 0.2) is 6.10 Å². The van der Waals surface area contributed by atoms with E-state index < -0.39 is 18.0 Å². The fourth-order valence-electron chi connectivity index (χ4n) is 1.59. The minimum Gasteiger partial charge on any atom is -0.480 e. The Labute approximate surface area is 112 Å². The van der Waals surface area contributed by atoms with Gasteiger partial charge in [-0.25, -0.2) is 4.39 Å². The first-order chi connectivity index (χ1) is 8.95. The molecule has 1 aromatic rings. The highest BCUT2D eigenvalue weighted by Gasteiger charge is 2.17. The van der Waals surface area contributed by atoms with E-state index in [4.69, 9.17) is 4.74 Å². The normalized spacial score (nSPS) is 13.7. The summed E-state index contributed by atoms with van der Waals surface area (Å²) in [6.07, 6.45) is -0.704. The van der Waals surface area contributed by atoms with Crippen LogP contribution in [0.4, 0.5) is 4.39 Å². The third kappa shape index (κ3) is 4.52. The first-order valence-electron chi connectivity index (χ1n) is 6.37. The number of aliphatic hydroxyl groups excluding tert-OH is 1. The number of carbonyl (C=O) groups is 1. The van der Waals surface area contributed by atoms with Crippen LogP contribution in [0.3, 0.4) is 0 Å². The van der Waals surface area contributed by atoms with Gasteiger partial charge in [0.05, 0.1) is 6.10 Å². The van der Waals surface area contributed by atoms with Gasteiger partial charge in [-0.05, 0) is 32.4 Å². The molecule has 0 radical (unpaired) electrons. The minimum atomic E-state index is -0.790. The molecule has 1 amide bonds. The summed E-state index contributed by atoms with van der Waals surface area (Å²) in [4.78, 5) is 11.7. The maximum atomic E-state index is 13.2. The van der Waals surface area contributed by atoms with Gasteiger partial charge in [-0.1, -0.05) is 6.92 Å². The average molecular weight is 269 g/mol. The van der Waals surface area contributed by atoms with Crippen molar-refractivity contribution in [3.63, 3.8) is 0 Å². The number of hydrogen-bond donors (Lipinski definition) is 2. The molecule has 5 heteroatoms. The van der Waals surface area contributed by atoms with Crippen molar-refractivity contribution in [1.29, 1.82) is 0 Å². The molecule has 4 nitrogen and oxygen atoms in total. The third-order valence-electron chi connectivity index (χ3n) is 2.65. The molecular weight excluding hydrogens is 249 g/mol. The largest absolute Gasteiger partial charge is 0.480 e. The highest BCUT2D eigenvalue weighted by Crippen LogP contribution is 2.26. The molecule has 1 unspecified atom stereocenters. The summed E-state index contributed by atoms with van der Waals surface area (Å²) in [6.45, 7) is 5.66. The zero-order chi connectivity index (χ0) is 14.4. The molecule has 0 aliphatic rings. The van der Waals surface area contributed by atoms with Crippen LogP contribution >= 0.6 is 0 Å². The molecule has 0 aliphatic carbocycles. The van der Waals surface area contributed by atoms with Crippen LogP contribution in [-0.4, -0.2) is 23.7 Å². The van der Waals surface area contributed by atoms with E-state index in [9.17, 15) is 14.3 Å². The van der Waals surface area contributed by atoms with Crippen molar-refractivity contribution in [1.82, 2.24) is 5.32 Å². The Bertz CT molecular complexity index is 435. The zero-order valence-corrected chi connectivity index (χ0v) is 11.4. The van der Waals surface area contributed by atoms with E-state index in [1.807, 2.05) is 6.92 Å². The van der Waals surface area contributed by atoms with Gasteiger partial charge in [0.2, 0.25) is 0 Å². The Morgan fingerprint density at radius 3 is 2.74 bits per heavy atom. The number of aliphatic hydroxyl groups is 1. The lowest BCUT2D eigenvalue weighted by molar-refractivity contribution is -0.127. The van der Waals surface area contributed by atoms with E-state index in [-0.39, 0.29) is 11.7 Å². The van der Waals surface area contributed by atoms with Crippen molar-refractivity contribution >= 4 is 5.91 Å². The number of hydrogen-bond acceptors (Lipinski definition) is 3. The summed E-state index contributed by atoms with van der Waals surface area (Å²) in [7, 11) is 0. The van der Waals surface area contributed by atoms with Crippen LogP contribution in [0, 0.1) is 5.82 Å². The van der Waals surface area contributed by atoms with Crippen LogP contribution in [0.1, 0.15) is 38.9 Å². The van der Waals surface area contributed by atoms with Gasteiger partial charge in [0.25, 0.3) is 5.91 Å². The quantitative estimate of drug-likeness (QED) is 0.832. The van der Waals surface area contributed by atoms with E-state index in [1.165, 1.54) is 18.2 Å². The molecule has 0 aromatic heterocycles. The Kier molecular flexibility index (Phi) is 5.76. The second-order valence-electron chi connectivity index (χ2n) is 4.41. The predicted octanol–water partition coefficient (Wildman–Crippen LogP) is 2.17. The maximum absolute atomic E-state index is 13.2. The van der Waals surface area contributed by atoms with Gasteiger partial charge < -0.3 is 15.2 Å². The number of nitrogens with one attached hydrogen (secondary N) is 1. The van der Waals surface area contributed by atoms with E-state index in [1.54, 1.807) is 13.8 Å². The van der Waals surface area contributed by atoms with Crippen molar-refractivity contribution in [2.24, 2.45) is 0 Å². The van der Waals surface area contributed by atoms with Crippen LogP contribution in [0.5, 0.6) is 5.75 Å². The number of rotatable bonds is 6. The molecule has 0 spiro atoms. The summed E-state index contributed by atoms with van der Waals surface area (Å²) >= 11 is 0. The van der Waals surface area contributed by atoms with E-state index in [2.05, 4.69) is 5.32 Å². The zero-order valence-electron chi connectivity index (χ0n) is 11.4. The fraction of sp³-hybridized carbons (Fsp3) is 0.500. The molecule has 0 heterocycles. The van der Waals surface area contributed by atoms with Crippen molar-refractivity contribution in [2.45, 2.75) is 39.4 Å². The Hall–Kier alpha value is -1.62. The van der Waals surface area contributed by atoms with Gasteiger partial charge in [-0.2, -0.15) is 0 Å². The van der Waals surface area contributed by atoms with Gasteiger partial charge in [-0.15, -0.1) is 0 Å². The lowest BCUT2D eigenvalue weighted by Gasteiger charge is -2.18. The standard InChI is InChI=1S/C14H20FNO3/c1-4-7-16-14(18)10(3)19-13-8-11(15)5-6-12(13)9(2)17/h5-6,8-10,17H,4,7H2,1-3H3,(H,16,18)/t9-,10?/m1/s1. The lowest BCUT2D eigenvalue weighted by atomic mass is 10.1. The summed E-state index contributed by atoms with van der Waals surface area (Å²) in [5, 5.41) is 12.3. The van der Waals surface area contributed by atoms with Gasteiger partial charge >= 0.3 is 0 Å². The van der Waals surface area contributed by atoms with Crippen molar-refractivity contribution < 1.29 is 19.0 Å². The summed E-state index contributed by atoms with van der Waals surface area (Å²) in [6, 6.07) is 3.87. The van der Waals surface area contributed by atoms with Crippen LogP contribution < -0.4 is 10.1 Å². The number of carbonyl (C=O) groups excluding carboxylic acids is 1. The van der Waals surface area contributed by atoms with Crippen LogP contribution in [0.15, 0.2) is 18.2 Å². The second-order valence-corrected chi connectivity index (χ2v) is 4.41. The molecule has 0 saturated carbocycles. The summed E-state index contributed by atoms with van der Waals surface area (Å²) < 4.78 is 18.6. The first kappa shape index (κ1) is 15.4. The predicted molar refractivity (Wildman–Crippen MR) is 70.4 cm³/mol. The number of benzene rings is 1. The van der Waals surface area contributed by atoms with E-state index in [0.717, 1.165) is 6.42 Å². The molecule has 2 N–H and O–H groups in total. The minimum absolute atomic E-state index is 0.189. The average Bonchev–Trinajstić information content (AvgIpc) is 2.35. The van der Waals surface area contributed by atoms with Gasteiger partial charge in [0.1, 0.15) is 11.6 Å². The molecule has 19 heavy (non-hydrogen) atoms. The number of halogens is 1. The number of ether oxygens (including phenoxy) is 1. The van der Waals surface area contributed by atoms with E-state index >= 15 is 0 Å². The Morgan fingerprint density at radius 1 is 1.47 bits per heavy atom. The van der Waals surface area contributed by atoms with Gasteiger partial charge in [0, 0.05) is 18.2 Å². The van der Waals surface area contributed by atoms with Crippen molar-refractivity contribution in [3.05, 3.63) is 29.6 Å². The maximum Gasteiger partial charge on any atom is 0.260 e. The molecular formula is C14H20FNO3. The highest BCUT2D eigenvalue weighted by molar-refractivity contribution is 5.80. The molecule has 0 bridgehead atoms. The smallest absolute Gasteiger partial charge is 0.260 e. The molecule has 106 valence electrons. The monoisotopic (exact) mass is 269 g/mol. The Balaban J connectivity index is 2.80. The Morgan fingerprint density at radius 2 is 2.16 bits per heavy atom. The molecule has 0 aliphatic heterocycles.